The quantitative estimate of drug-likeness (QED) is 0.319. The van der Waals surface area contributed by atoms with Gasteiger partial charge in [-0.2, -0.15) is 0 Å². The Labute approximate surface area is 125 Å². The second-order valence-corrected chi connectivity index (χ2v) is 5.29. The molecule has 0 bridgehead atoms. The molecule has 0 fully saturated rings. The van der Waals surface area contributed by atoms with Gasteiger partial charge < -0.3 is 0 Å². The van der Waals surface area contributed by atoms with Crippen LogP contribution >= 0.6 is 0 Å². The van der Waals surface area contributed by atoms with Gasteiger partial charge in [-0.15, -0.1) is 0 Å². The van der Waals surface area contributed by atoms with Crippen LogP contribution in [0.15, 0.2) is 60.9 Å². The van der Waals surface area contributed by atoms with E-state index in [9.17, 15) is 0 Å². The highest BCUT2D eigenvalue weighted by Gasteiger charge is 2.08. The summed E-state index contributed by atoms with van der Waals surface area (Å²) in [6, 6.07) is 16.3. The van der Waals surface area contributed by atoms with Gasteiger partial charge in [-0.1, -0.05) is 12.1 Å². The predicted octanol–water partition coefficient (Wildman–Crippen LogP) is 3.88. The summed E-state index contributed by atoms with van der Waals surface area (Å²) in [6.07, 6.45) is 3.52. The summed E-state index contributed by atoms with van der Waals surface area (Å²) in [4.78, 5) is 18.1. The van der Waals surface area contributed by atoms with Crippen LogP contribution in [-0.4, -0.2) is 19.9 Å². The van der Waals surface area contributed by atoms with Crippen LogP contribution < -0.4 is 0 Å². The molecule has 4 heteroatoms. The van der Waals surface area contributed by atoms with Crippen LogP contribution in [0.5, 0.6) is 0 Å². The summed E-state index contributed by atoms with van der Waals surface area (Å²) in [7, 11) is 0. The molecule has 0 atom stereocenters. The van der Waals surface area contributed by atoms with E-state index in [2.05, 4.69) is 34.2 Å². The van der Waals surface area contributed by atoms with Crippen molar-refractivity contribution in [3.05, 3.63) is 60.9 Å². The van der Waals surface area contributed by atoms with Crippen molar-refractivity contribution in [3.63, 3.8) is 0 Å². The first-order chi connectivity index (χ1) is 10.9. The molecule has 5 rings (SSSR count). The van der Waals surface area contributed by atoms with Crippen LogP contribution in [0.1, 0.15) is 0 Å². The molecular formula is C18H10N4. The fraction of sp³-hybridized carbons (Fsp3) is 0. The molecule has 0 amide bonds. The highest BCUT2D eigenvalue weighted by molar-refractivity contribution is 6.08. The molecule has 1 aromatic carbocycles. The van der Waals surface area contributed by atoms with Crippen LogP contribution in [0.2, 0.25) is 0 Å². The molecule has 0 saturated carbocycles. The van der Waals surface area contributed by atoms with Gasteiger partial charge in [0.2, 0.25) is 0 Å². The highest BCUT2D eigenvalue weighted by atomic mass is 14.9. The molecule has 22 heavy (non-hydrogen) atoms. The Hall–Kier alpha value is -3.14. The molecular weight excluding hydrogens is 272 g/mol. The zero-order valence-electron chi connectivity index (χ0n) is 11.6. The molecule has 0 aliphatic carbocycles. The third-order valence-electron chi connectivity index (χ3n) is 3.90. The normalized spacial score (nSPS) is 11.6. The summed E-state index contributed by atoms with van der Waals surface area (Å²) >= 11 is 0. The van der Waals surface area contributed by atoms with E-state index in [4.69, 9.17) is 9.97 Å². The number of aromatic nitrogens is 4. The second-order valence-electron chi connectivity index (χ2n) is 5.29. The number of hydrogen-bond acceptors (Lipinski definition) is 4. The fourth-order valence-corrected chi connectivity index (χ4v) is 2.86. The molecule has 102 valence electrons. The first kappa shape index (κ1) is 11.5. The van der Waals surface area contributed by atoms with E-state index in [0.717, 1.165) is 43.9 Å². The molecule has 4 heterocycles. The highest BCUT2D eigenvalue weighted by Crippen LogP contribution is 2.27. The van der Waals surface area contributed by atoms with Gasteiger partial charge in [-0.05, 0) is 36.4 Å². The van der Waals surface area contributed by atoms with Gasteiger partial charge in [0.05, 0.1) is 11.0 Å². The van der Waals surface area contributed by atoms with E-state index in [1.807, 2.05) is 24.3 Å². The van der Waals surface area contributed by atoms with Crippen molar-refractivity contribution in [2.45, 2.75) is 0 Å². The van der Waals surface area contributed by atoms with E-state index >= 15 is 0 Å². The standard InChI is InChI=1S/C18H10N4/c1-3-13-9-11-5-6-12-10-14-4-2-8-20-18(14)22-16(12)15(11)21-17(13)19-7-1/h1-10H. The average Bonchev–Trinajstić information content (AvgIpc) is 2.58. The number of benzene rings is 1. The Kier molecular flexibility index (Phi) is 2.19. The smallest absolute Gasteiger partial charge is 0.159 e. The predicted molar refractivity (Wildman–Crippen MR) is 87.6 cm³/mol. The Morgan fingerprint density at radius 1 is 0.545 bits per heavy atom. The molecule has 0 aliphatic rings. The van der Waals surface area contributed by atoms with Gasteiger partial charge in [-0.3, -0.25) is 0 Å². The minimum Gasteiger partial charge on any atom is -0.237 e. The van der Waals surface area contributed by atoms with Crippen LogP contribution in [0.25, 0.3) is 43.9 Å². The maximum absolute atomic E-state index is 4.71. The minimum atomic E-state index is 0.741. The van der Waals surface area contributed by atoms with Gasteiger partial charge in [0.25, 0.3) is 0 Å². The molecule has 0 spiro atoms. The van der Waals surface area contributed by atoms with Crippen molar-refractivity contribution in [2.75, 3.05) is 0 Å². The van der Waals surface area contributed by atoms with Gasteiger partial charge in [0.1, 0.15) is 0 Å². The maximum atomic E-state index is 4.71. The van der Waals surface area contributed by atoms with E-state index < -0.39 is 0 Å². The van der Waals surface area contributed by atoms with E-state index in [0.29, 0.717) is 0 Å². The number of nitrogens with zero attached hydrogens (tertiary/aromatic N) is 4. The Bertz CT molecular complexity index is 1090. The molecule has 0 saturated heterocycles. The van der Waals surface area contributed by atoms with Gasteiger partial charge >= 0.3 is 0 Å². The topological polar surface area (TPSA) is 51.6 Å². The van der Waals surface area contributed by atoms with Gasteiger partial charge in [-0.25, -0.2) is 19.9 Å². The van der Waals surface area contributed by atoms with Crippen molar-refractivity contribution in [3.8, 4) is 0 Å². The molecule has 5 aromatic rings. The number of fused-ring (bicyclic) bond motifs is 5. The third kappa shape index (κ3) is 1.58. The Balaban J connectivity index is 2.00. The zero-order chi connectivity index (χ0) is 14.5. The van der Waals surface area contributed by atoms with Crippen LogP contribution in [0, 0.1) is 0 Å². The lowest BCUT2D eigenvalue weighted by atomic mass is 10.1. The van der Waals surface area contributed by atoms with Crippen molar-refractivity contribution in [1.29, 1.82) is 0 Å². The zero-order valence-corrected chi connectivity index (χ0v) is 11.6. The number of hydrogen-bond donors (Lipinski definition) is 0. The lowest BCUT2D eigenvalue weighted by Crippen LogP contribution is -1.90. The summed E-state index contributed by atoms with van der Waals surface area (Å²) in [6.45, 7) is 0. The largest absolute Gasteiger partial charge is 0.237 e. The van der Waals surface area contributed by atoms with Crippen molar-refractivity contribution in [2.24, 2.45) is 0 Å². The monoisotopic (exact) mass is 282 g/mol. The number of rotatable bonds is 0. The fourth-order valence-electron chi connectivity index (χ4n) is 2.86. The van der Waals surface area contributed by atoms with Crippen LogP contribution in [0.3, 0.4) is 0 Å². The lowest BCUT2D eigenvalue weighted by Gasteiger charge is -2.05. The summed E-state index contributed by atoms with van der Waals surface area (Å²) < 4.78 is 0. The summed E-state index contributed by atoms with van der Waals surface area (Å²) in [5.41, 5.74) is 3.23. The minimum absolute atomic E-state index is 0.741. The number of pyridine rings is 4. The molecule has 4 aromatic heterocycles. The summed E-state index contributed by atoms with van der Waals surface area (Å²) in [5, 5.41) is 4.20. The third-order valence-corrected chi connectivity index (χ3v) is 3.90. The van der Waals surface area contributed by atoms with E-state index in [1.165, 1.54) is 0 Å². The SMILES string of the molecule is c1cnc2nc3c(ccc4cc5cccnc5nc43)cc2c1. The lowest BCUT2D eigenvalue weighted by molar-refractivity contribution is 1.31. The maximum Gasteiger partial charge on any atom is 0.159 e. The van der Waals surface area contributed by atoms with Crippen LogP contribution in [-0.2, 0) is 0 Å². The first-order valence-corrected chi connectivity index (χ1v) is 7.08. The molecule has 0 N–H and O–H groups in total. The van der Waals surface area contributed by atoms with Gasteiger partial charge in [0, 0.05) is 33.9 Å². The summed E-state index contributed by atoms with van der Waals surface area (Å²) in [5.74, 6) is 0. The molecule has 0 aliphatic heterocycles. The van der Waals surface area contributed by atoms with E-state index in [1.54, 1.807) is 12.4 Å². The van der Waals surface area contributed by atoms with Crippen molar-refractivity contribution in [1.82, 2.24) is 19.9 Å². The Morgan fingerprint density at radius 2 is 1.05 bits per heavy atom. The molecule has 4 nitrogen and oxygen atoms in total. The van der Waals surface area contributed by atoms with E-state index in [-0.39, 0.29) is 0 Å². The molecule has 0 radical (unpaired) electrons. The Morgan fingerprint density at radius 3 is 1.55 bits per heavy atom. The first-order valence-electron chi connectivity index (χ1n) is 7.08. The van der Waals surface area contributed by atoms with Crippen molar-refractivity contribution < 1.29 is 0 Å². The molecule has 0 unspecified atom stereocenters. The second kappa shape index (κ2) is 4.18. The van der Waals surface area contributed by atoms with Crippen molar-refractivity contribution >= 4 is 43.9 Å². The van der Waals surface area contributed by atoms with Crippen LogP contribution in [0.4, 0.5) is 0 Å². The van der Waals surface area contributed by atoms with Gasteiger partial charge in [0.15, 0.2) is 11.3 Å². The average molecular weight is 282 g/mol.